The number of carboxylic acid groups (broad SMARTS) is 1. The van der Waals surface area contributed by atoms with Gasteiger partial charge in [0.2, 0.25) is 0 Å². The number of carbonyl (C=O) groups is 1. The normalized spacial score (nSPS) is 43.3. The molecule has 0 aliphatic heterocycles. The Kier molecular flexibility index (Phi) is 1.51. The summed E-state index contributed by atoms with van der Waals surface area (Å²) in [6, 6.07) is 0. The van der Waals surface area contributed by atoms with E-state index in [2.05, 4.69) is 13.8 Å². The van der Waals surface area contributed by atoms with E-state index in [0.29, 0.717) is 11.8 Å². The highest BCUT2D eigenvalue weighted by Crippen LogP contribution is 2.63. The van der Waals surface area contributed by atoms with Gasteiger partial charge in [-0.1, -0.05) is 20.3 Å². The first kappa shape index (κ1) is 8.09. The van der Waals surface area contributed by atoms with Gasteiger partial charge in [0.1, 0.15) is 0 Å². The van der Waals surface area contributed by atoms with Crippen LogP contribution in [0.25, 0.3) is 0 Å². The van der Waals surface area contributed by atoms with E-state index in [-0.39, 0.29) is 11.3 Å². The number of fused-ring (bicyclic) bond motifs is 1. The molecule has 2 saturated carbocycles. The van der Waals surface area contributed by atoms with E-state index in [9.17, 15) is 4.79 Å². The minimum atomic E-state index is -0.569. The van der Waals surface area contributed by atoms with Crippen LogP contribution in [0.1, 0.15) is 33.1 Å². The molecule has 2 heteroatoms. The van der Waals surface area contributed by atoms with Gasteiger partial charge in [-0.25, -0.2) is 0 Å². The molecule has 2 fully saturated rings. The highest BCUT2D eigenvalue weighted by Gasteiger charge is 2.62. The van der Waals surface area contributed by atoms with E-state index in [0.717, 1.165) is 6.42 Å². The second-order valence-corrected chi connectivity index (χ2v) is 4.93. The Morgan fingerprint density at radius 3 is 2.67 bits per heavy atom. The van der Waals surface area contributed by atoms with E-state index in [1.165, 1.54) is 12.8 Å². The summed E-state index contributed by atoms with van der Waals surface area (Å²) in [7, 11) is 0. The summed E-state index contributed by atoms with van der Waals surface area (Å²) < 4.78 is 0. The van der Waals surface area contributed by atoms with Crippen LogP contribution in [-0.2, 0) is 4.79 Å². The molecule has 2 rings (SSSR count). The van der Waals surface area contributed by atoms with Crippen LogP contribution in [0.5, 0.6) is 0 Å². The lowest BCUT2D eigenvalue weighted by Gasteiger charge is -2.28. The van der Waals surface area contributed by atoms with Crippen LogP contribution in [0.15, 0.2) is 0 Å². The van der Waals surface area contributed by atoms with Crippen molar-refractivity contribution in [2.45, 2.75) is 33.1 Å². The third kappa shape index (κ3) is 0.970. The Balaban J connectivity index is 2.14. The topological polar surface area (TPSA) is 37.3 Å². The smallest absolute Gasteiger partial charge is 0.307 e. The number of aliphatic carboxylic acids is 1. The summed E-state index contributed by atoms with van der Waals surface area (Å²) in [5.41, 5.74) is 0.284. The first-order valence-electron chi connectivity index (χ1n) is 4.77. The second-order valence-electron chi connectivity index (χ2n) is 4.93. The molecular formula is C10H16O2. The average Bonchev–Trinajstić information content (AvgIpc) is 2.61. The van der Waals surface area contributed by atoms with Gasteiger partial charge in [0, 0.05) is 0 Å². The molecule has 0 amide bonds. The molecule has 0 spiro atoms. The Morgan fingerprint density at radius 1 is 1.50 bits per heavy atom. The predicted octanol–water partition coefficient (Wildman–Crippen LogP) is 2.14. The van der Waals surface area contributed by atoms with Crippen LogP contribution in [0.2, 0.25) is 0 Å². The Labute approximate surface area is 73.0 Å². The summed E-state index contributed by atoms with van der Waals surface area (Å²) in [4.78, 5) is 10.8. The van der Waals surface area contributed by atoms with Gasteiger partial charge in [0.25, 0.3) is 0 Å². The summed E-state index contributed by atoms with van der Waals surface area (Å²) in [5.74, 6) is 0.400. The molecule has 12 heavy (non-hydrogen) atoms. The monoisotopic (exact) mass is 168 g/mol. The summed E-state index contributed by atoms with van der Waals surface area (Å²) in [6.45, 7) is 4.43. The highest BCUT2D eigenvalue weighted by molar-refractivity contribution is 5.74. The summed E-state index contributed by atoms with van der Waals surface area (Å²) in [5, 5.41) is 8.92. The van der Waals surface area contributed by atoms with Gasteiger partial charge in [-0.2, -0.15) is 0 Å². The van der Waals surface area contributed by atoms with Crippen LogP contribution >= 0.6 is 0 Å². The fourth-order valence-electron chi connectivity index (χ4n) is 3.10. The van der Waals surface area contributed by atoms with Crippen molar-refractivity contribution in [1.29, 1.82) is 0 Å². The summed E-state index contributed by atoms with van der Waals surface area (Å²) in [6.07, 6.45) is 3.57. The van der Waals surface area contributed by atoms with E-state index in [1.807, 2.05) is 0 Å². The number of rotatable bonds is 1. The maximum Gasteiger partial charge on any atom is 0.307 e. The molecule has 0 radical (unpaired) electrons. The van der Waals surface area contributed by atoms with Crippen molar-refractivity contribution in [3.8, 4) is 0 Å². The standard InChI is InChI=1S/C10H16O2/c1-10(2)5-3-4-6-7(8(6)10)9(11)12/h6-8H,3-5H2,1-2H3,(H,11,12). The van der Waals surface area contributed by atoms with Crippen molar-refractivity contribution in [2.75, 3.05) is 0 Å². The Hall–Kier alpha value is -0.530. The molecule has 2 nitrogen and oxygen atoms in total. The third-order valence-electron chi connectivity index (χ3n) is 3.71. The lowest BCUT2D eigenvalue weighted by Crippen LogP contribution is -2.20. The second kappa shape index (κ2) is 2.24. The molecule has 1 N–H and O–H groups in total. The molecule has 2 aliphatic carbocycles. The van der Waals surface area contributed by atoms with Crippen LogP contribution in [-0.4, -0.2) is 11.1 Å². The third-order valence-corrected chi connectivity index (χ3v) is 3.71. The van der Waals surface area contributed by atoms with Gasteiger partial charge in [-0.15, -0.1) is 0 Å². The zero-order chi connectivity index (χ0) is 8.93. The zero-order valence-electron chi connectivity index (χ0n) is 7.71. The molecule has 0 aromatic rings. The van der Waals surface area contributed by atoms with E-state index in [4.69, 9.17) is 5.11 Å². The van der Waals surface area contributed by atoms with Gasteiger partial charge in [0.15, 0.2) is 0 Å². The quantitative estimate of drug-likeness (QED) is 0.651. The van der Waals surface area contributed by atoms with Crippen molar-refractivity contribution in [3.05, 3.63) is 0 Å². The van der Waals surface area contributed by atoms with Gasteiger partial charge in [0.05, 0.1) is 5.92 Å². The van der Waals surface area contributed by atoms with Crippen molar-refractivity contribution in [2.24, 2.45) is 23.2 Å². The van der Waals surface area contributed by atoms with Crippen molar-refractivity contribution in [1.82, 2.24) is 0 Å². The average molecular weight is 168 g/mol. The number of carboxylic acids is 1. The molecule has 3 unspecified atom stereocenters. The SMILES string of the molecule is CC1(C)CCCC2C(C(=O)O)C21. The Bertz CT molecular complexity index is 220. The van der Waals surface area contributed by atoms with E-state index in [1.54, 1.807) is 0 Å². The zero-order valence-corrected chi connectivity index (χ0v) is 7.71. The summed E-state index contributed by atoms with van der Waals surface area (Å²) >= 11 is 0. The fourth-order valence-corrected chi connectivity index (χ4v) is 3.10. The van der Waals surface area contributed by atoms with E-state index < -0.39 is 5.97 Å². The predicted molar refractivity (Wildman–Crippen MR) is 45.7 cm³/mol. The first-order chi connectivity index (χ1) is 5.54. The highest BCUT2D eigenvalue weighted by atomic mass is 16.4. The molecule has 2 aliphatic rings. The molecule has 68 valence electrons. The molecule has 3 atom stereocenters. The van der Waals surface area contributed by atoms with Crippen molar-refractivity contribution < 1.29 is 9.90 Å². The Morgan fingerprint density at radius 2 is 2.17 bits per heavy atom. The molecule has 0 saturated heterocycles. The first-order valence-corrected chi connectivity index (χ1v) is 4.77. The molecule has 0 aromatic heterocycles. The van der Waals surface area contributed by atoms with Crippen molar-refractivity contribution >= 4 is 5.97 Å². The van der Waals surface area contributed by atoms with E-state index >= 15 is 0 Å². The minimum Gasteiger partial charge on any atom is -0.481 e. The molecule has 0 heterocycles. The van der Waals surface area contributed by atoms with Gasteiger partial charge >= 0.3 is 5.97 Å². The van der Waals surface area contributed by atoms with Gasteiger partial charge < -0.3 is 5.11 Å². The number of hydrogen-bond acceptors (Lipinski definition) is 1. The van der Waals surface area contributed by atoms with Crippen LogP contribution < -0.4 is 0 Å². The lowest BCUT2D eigenvalue weighted by atomic mass is 9.77. The molecule has 0 bridgehead atoms. The minimum absolute atomic E-state index is 0.0116. The van der Waals surface area contributed by atoms with Gasteiger partial charge in [-0.3, -0.25) is 4.79 Å². The molecule has 0 aromatic carbocycles. The van der Waals surface area contributed by atoms with Crippen LogP contribution in [0, 0.1) is 23.2 Å². The van der Waals surface area contributed by atoms with Crippen molar-refractivity contribution in [3.63, 3.8) is 0 Å². The fraction of sp³-hybridized carbons (Fsp3) is 0.900. The largest absolute Gasteiger partial charge is 0.481 e. The maximum atomic E-state index is 10.8. The maximum absolute atomic E-state index is 10.8. The van der Waals surface area contributed by atoms with Crippen LogP contribution in [0.3, 0.4) is 0 Å². The molecular weight excluding hydrogens is 152 g/mol. The van der Waals surface area contributed by atoms with Crippen LogP contribution in [0.4, 0.5) is 0 Å². The number of hydrogen-bond donors (Lipinski definition) is 1. The van der Waals surface area contributed by atoms with Gasteiger partial charge in [-0.05, 0) is 30.1 Å². The lowest BCUT2D eigenvalue weighted by molar-refractivity contribution is -0.139.